The Morgan fingerprint density at radius 3 is 0.800 bits per heavy atom. The molecular formula is C113H186N2. The molecule has 0 N–H and O–H groups in total. The first kappa shape index (κ1) is 84.7. The van der Waals surface area contributed by atoms with Crippen LogP contribution in [0.3, 0.4) is 0 Å². The van der Waals surface area contributed by atoms with Gasteiger partial charge in [0.2, 0.25) is 0 Å². The predicted molar refractivity (Wildman–Crippen MR) is 491 cm³/mol. The summed E-state index contributed by atoms with van der Waals surface area (Å²) in [4.78, 5) is 7.40. The molecule has 0 aromatic rings. The standard InChI is InChI=1S/C113H186N2/c1-77-40-56-90(57-41-77)105(86-25-10-6-11-26-86)72-82-48-64-95(65-49-82)114(96-66-50-83(51-67-96)73-106(87-27-12-7-13-28-87)91-58-42-78(2)43-59-91)112-99-34-19-18-33-94(99)76-109-101(37-23-38-103(109)112)111-100-35-20-21-36-102(100)113(104-39-22-24-81(5)110(104)111)115(97-68-52-84(53-69-97)74-107(88-29-14-8-15-30-88)92-60-44-79(3)45-61-92)98-70-54-85(55-71-98)75-108(89-31-16-9-17-32-89)93-62-46-80(4)47-63-93/h72-75,77-104,109-113H,6-71,76H2,1-5H3/b105-72+,106-73+,107-74+,108-75+. The average molecular weight is 1570 g/mol. The van der Waals surface area contributed by atoms with Crippen molar-refractivity contribution >= 4 is 0 Å². The minimum Gasteiger partial charge on any atom is -0.294 e. The summed E-state index contributed by atoms with van der Waals surface area (Å²) in [6.07, 6.45) is 114. The molecule has 2 heteroatoms. The fourth-order valence-corrected chi connectivity index (χ4v) is 35.4. The van der Waals surface area contributed by atoms with Crippen LogP contribution in [0.25, 0.3) is 0 Å². The highest BCUT2D eigenvalue weighted by molar-refractivity contribution is 5.22. The number of nitrogens with zero attached hydrogens (tertiary/aromatic N) is 2. The molecule has 0 heterocycles. The van der Waals surface area contributed by atoms with Crippen LogP contribution in [0, 0.1) is 160 Å². The van der Waals surface area contributed by atoms with E-state index in [0.29, 0.717) is 0 Å². The lowest BCUT2D eigenvalue weighted by atomic mass is 9.44. The molecule has 0 bridgehead atoms. The molecule has 0 saturated heterocycles. The second-order valence-electron chi connectivity index (χ2n) is 48.2. The quantitative estimate of drug-likeness (QED) is 0.119. The van der Waals surface area contributed by atoms with E-state index < -0.39 is 0 Å². The van der Waals surface area contributed by atoms with E-state index >= 15 is 0 Å². The Morgan fingerprint density at radius 1 is 0.191 bits per heavy atom. The summed E-state index contributed by atoms with van der Waals surface area (Å²) in [6.45, 7) is 13.3. The van der Waals surface area contributed by atoms with E-state index in [4.69, 9.17) is 0 Å². The number of hydrogen-bond donors (Lipinski definition) is 0. The summed E-state index contributed by atoms with van der Waals surface area (Å²) in [6, 6.07) is 5.02. The maximum absolute atomic E-state index is 3.71. The first-order valence-electron chi connectivity index (χ1n) is 55.0. The van der Waals surface area contributed by atoms with Crippen LogP contribution in [0.5, 0.6) is 0 Å². The van der Waals surface area contributed by atoms with Crippen LogP contribution in [-0.4, -0.2) is 46.1 Å². The zero-order chi connectivity index (χ0) is 77.7. The van der Waals surface area contributed by atoms with Crippen LogP contribution in [0.1, 0.15) is 465 Å². The summed E-state index contributed by atoms with van der Waals surface area (Å²) in [5, 5.41) is 0. The van der Waals surface area contributed by atoms with Gasteiger partial charge in [-0.2, -0.15) is 0 Å². The van der Waals surface area contributed by atoms with Crippen molar-refractivity contribution in [3.63, 3.8) is 0 Å². The summed E-state index contributed by atoms with van der Waals surface area (Å²) in [7, 11) is 0. The molecule has 13 unspecified atom stereocenters. The van der Waals surface area contributed by atoms with Gasteiger partial charge in [-0.05, 0) is 410 Å². The molecule has 2 nitrogen and oxygen atoms in total. The molecule has 18 fully saturated rings. The number of hydrogen-bond acceptors (Lipinski definition) is 2. The molecule has 18 aliphatic rings. The molecule has 18 aliphatic carbocycles. The van der Waals surface area contributed by atoms with Crippen molar-refractivity contribution in [1.82, 2.24) is 9.80 Å². The molecule has 0 amide bonds. The largest absolute Gasteiger partial charge is 0.294 e. The normalized spacial score (nSPS) is 45.5. The third kappa shape index (κ3) is 19.8. The van der Waals surface area contributed by atoms with Gasteiger partial charge in [0.25, 0.3) is 0 Å². The number of rotatable bonds is 19. The Labute approximate surface area is 712 Å². The van der Waals surface area contributed by atoms with Crippen molar-refractivity contribution in [3.8, 4) is 0 Å². The molecule has 18 rings (SSSR count). The van der Waals surface area contributed by atoms with E-state index in [2.05, 4.69) is 68.7 Å². The van der Waals surface area contributed by atoms with Crippen LogP contribution in [0.4, 0.5) is 0 Å². The minimum absolute atomic E-state index is 0.823. The lowest BCUT2D eigenvalue weighted by Gasteiger charge is -2.66. The Hall–Kier alpha value is -1.12. The highest BCUT2D eigenvalue weighted by atomic mass is 15.2. The highest BCUT2D eigenvalue weighted by Crippen LogP contribution is 2.66. The van der Waals surface area contributed by atoms with Crippen molar-refractivity contribution in [1.29, 1.82) is 0 Å². The van der Waals surface area contributed by atoms with E-state index in [1.165, 1.54) is 340 Å². The van der Waals surface area contributed by atoms with Gasteiger partial charge in [0.15, 0.2) is 0 Å². The second-order valence-corrected chi connectivity index (χ2v) is 48.2. The molecule has 0 aromatic carbocycles. The lowest BCUT2D eigenvalue weighted by molar-refractivity contribution is -0.170. The SMILES string of the molecule is CC1CCC(/C(=C/C2CCC(N(C3CCC(/C=C(\C4CCCCC4)C4CCC(C)CC4)CC3)C3C4CCCCC4CC4C(C5C6CCCCC6C(N(C6CCC(/C=C(\C7CCCCC7)C7CCC(C)CC7)CC6)C6CCC(/C=C(\C7CCCCC7)C7CCC(C)CC7)CC6)C6CCCC(C)C65)CCCC43)CC2)C2CCCCC2)CC1. The Balaban J connectivity index is 0.658. The van der Waals surface area contributed by atoms with Gasteiger partial charge in [-0.25, -0.2) is 0 Å². The molecule has 0 radical (unpaired) electrons. The van der Waals surface area contributed by atoms with E-state index in [9.17, 15) is 0 Å². The topological polar surface area (TPSA) is 6.48 Å². The van der Waals surface area contributed by atoms with Crippen molar-refractivity contribution < 1.29 is 0 Å². The fraction of sp³-hybridized carbons (Fsp3) is 0.929. The maximum atomic E-state index is 3.71. The molecule has 0 aliphatic heterocycles. The molecule has 648 valence electrons. The van der Waals surface area contributed by atoms with Gasteiger partial charge in [0, 0.05) is 36.3 Å². The smallest absolute Gasteiger partial charge is 0.0163 e. The number of allylic oxidation sites excluding steroid dienone is 8. The molecule has 13 atom stereocenters. The van der Waals surface area contributed by atoms with Gasteiger partial charge < -0.3 is 0 Å². The van der Waals surface area contributed by atoms with Crippen molar-refractivity contribution in [2.75, 3.05) is 0 Å². The van der Waals surface area contributed by atoms with Crippen LogP contribution >= 0.6 is 0 Å². The van der Waals surface area contributed by atoms with Gasteiger partial charge in [0.05, 0.1) is 0 Å². The predicted octanol–water partition coefficient (Wildman–Crippen LogP) is 32.6. The van der Waals surface area contributed by atoms with Gasteiger partial charge in [-0.1, -0.05) is 261 Å². The summed E-state index contributed by atoms with van der Waals surface area (Å²) < 4.78 is 0. The van der Waals surface area contributed by atoms with Gasteiger partial charge in [-0.15, -0.1) is 0 Å². The molecule has 0 aromatic heterocycles. The maximum Gasteiger partial charge on any atom is 0.0163 e. The van der Waals surface area contributed by atoms with Crippen LogP contribution in [0.2, 0.25) is 0 Å². The first-order chi connectivity index (χ1) is 56.6. The van der Waals surface area contributed by atoms with E-state index in [1.807, 2.05) is 22.3 Å². The van der Waals surface area contributed by atoms with Crippen LogP contribution in [-0.2, 0) is 0 Å². The monoisotopic (exact) mass is 1570 g/mol. The molecule has 115 heavy (non-hydrogen) atoms. The van der Waals surface area contributed by atoms with E-state index in [-0.39, 0.29) is 0 Å². The third-order valence-electron chi connectivity index (χ3n) is 41.4. The zero-order valence-corrected chi connectivity index (χ0v) is 76.6. The lowest BCUT2D eigenvalue weighted by Crippen LogP contribution is -2.66. The Bertz CT molecular complexity index is 2880. The van der Waals surface area contributed by atoms with E-state index in [1.54, 1.807) is 89.9 Å². The zero-order valence-electron chi connectivity index (χ0n) is 76.6. The third-order valence-corrected chi connectivity index (χ3v) is 41.4. The molecule has 18 saturated carbocycles. The summed E-state index contributed by atoms with van der Waals surface area (Å²) in [5.41, 5.74) is 8.14. The minimum atomic E-state index is 0.823. The van der Waals surface area contributed by atoms with Crippen molar-refractivity contribution in [2.24, 2.45) is 160 Å². The molecular weight excluding hydrogens is 1390 g/mol. The fourth-order valence-electron chi connectivity index (χ4n) is 35.4. The van der Waals surface area contributed by atoms with E-state index in [0.717, 1.165) is 196 Å². The summed E-state index contributed by atoms with van der Waals surface area (Å²) >= 11 is 0. The summed E-state index contributed by atoms with van der Waals surface area (Å²) in [5.74, 6) is 25.1. The second kappa shape index (κ2) is 40.5. The Kier molecular flexibility index (Phi) is 29.8. The average Bonchev–Trinajstić information content (AvgIpc) is 0.711. The van der Waals surface area contributed by atoms with Crippen LogP contribution in [0.15, 0.2) is 46.6 Å². The molecule has 0 spiro atoms. The Morgan fingerprint density at radius 2 is 0.443 bits per heavy atom. The van der Waals surface area contributed by atoms with Gasteiger partial charge in [-0.3, -0.25) is 9.80 Å². The van der Waals surface area contributed by atoms with Gasteiger partial charge in [0.1, 0.15) is 0 Å². The number of fused-ring (bicyclic) bond motifs is 4. The first-order valence-corrected chi connectivity index (χ1v) is 55.0. The van der Waals surface area contributed by atoms with Gasteiger partial charge >= 0.3 is 0 Å². The van der Waals surface area contributed by atoms with Crippen molar-refractivity contribution in [2.45, 2.75) is 501 Å². The van der Waals surface area contributed by atoms with Crippen molar-refractivity contribution in [3.05, 3.63) is 46.6 Å². The highest BCUT2D eigenvalue weighted by Gasteiger charge is 2.62. The van der Waals surface area contributed by atoms with Crippen LogP contribution < -0.4 is 0 Å².